The van der Waals surface area contributed by atoms with Crippen LogP contribution >= 0.6 is 0 Å². The number of carbonyl (C=O) groups is 1. The third-order valence-corrected chi connectivity index (χ3v) is 5.33. The zero-order chi connectivity index (χ0) is 24.6. The normalized spacial score (nSPS) is 12.1. The highest BCUT2D eigenvalue weighted by atomic mass is 16.6. The van der Waals surface area contributed by atoms with Gasteiger partial charge in [0.2, 0.25) is 0 Å². The van der Waals surface area contributed by atoms with Crippen molar-refractivity contribution in [3.8, 4) is 22.6 Å². The number of aryl methyl sites for hydroxylation is 1. The number of ether oxygens (including phenoxy) is 3. The maximum atomic E-state index is 12.5. The first kappa shape index (κ1) is 25.4. The van der Waals surface area contributed by atoms with E-state index >= 15 is 0 Å². The molecule has 0 bridgehead atoms. The minimum absolute atomic E-state index is 0.169. The van der Waals surface area contributed by atoms with Gasteiger partial charge in [0.05, 0.1) is 19.1 Å². The van der Waals surface area contributed by atoms with Gasteiger partial charge in [-0.25, -0.2) is 0 Å². The van der Waals surface area contributed by atoms with Crippen LogP contribution in [0.2, 0.25) is 0 Å². The minimum atomic E-state index is -0.479. The van der Waals surface area contributed by atoms with Crippen molar-refractivity contribution in [1.82, 2.24) is 0 Å². The Balaban J connectivity index is 1.53. The van der Waals surface area contributed by atoms with Crippen LogP contribution in [0.5, 0.6) is 11.5 Å². The Kier molecular flexibility index (Phi) is 8.75. The van der Waals surface area contributed by atoms with Crippen LogP contribution in [-0.2, 0) is 16.0 Å². The molecule has 0 aliphatic heterocycles. The molecule has 0 aliphatic rings. The second-order valence-electron chi connectivity index (χ2n) is 9.69. The van der Waals surface area contributed by atoms with Crippen molar-refractivity contribution < 1.29 is 19.0 Å². The second-order valence-corrected chi connectivity index (χ2v) is 9.69. The van der Waals surface area contributed by atoms with Crippen LogP contribution in [0.1, 0.15) is 45.2 Å². The molecule has 0 aliphatic carbocycles. The number of esters is 1. The number of carbonyl (C=O) groups excluding carboxylic acids is 1. The van der Waals surface area contributed by atoms with Gasteiger partial charge in [-0.2, -0.15) is 0 Å². The summed E-state index contributed by atoms with van der Waals surface area (Å²) in [5.41, 5.74) is 4.06. The molecule has 0 radical (unpaired) electrons. The van der Waals surface area contributed by atoms with Gasteiger partial charge >= 0.3 is 5.97 Å². The van der Waals surface area contributed by atoms with Crippen LogP contribution in [0.15, 0.2) is 72.8 Å². The summed E-state index contributed by atoms with van der Waals surface area (Å²) in [7, 11) is 0. The molecule has 4 heteroatoms. The third kappa shape index (κ3) is 7.95. The molecular formula is C30H36O4. The first-order chi connectivity index (χ1) is 16.2. The third-order valence-electron chi connectivity index (χ3n) is 5.33. The van der Waals surface area contributed by atoms with Crippen molar-refractivity contribution in [3.63, 3.8) is 0 Å². The smallest absolute Gasteiger partial charge is 0.309 e. The molecule has 3 aromatic carbocycles. The molecule has 0 saturated heterocycles. The maximum Gasteiger partial charge on any atom is 0.309 e. The molecular weight excluding hydrogens is 424 g/mol. The van der Waals surface area contributed by atoms with Gasteiger partial charge in [0.25, 0.3) is 0 Å². The van der Waals surface area contributed by atoms with Gasteiger partial charge in [0, 0.05) is 6.42 Å². The Morgan fingerprint density at radius 2 is 1.53 bits per heavy atom. The van der Waals surface area contributed by atoms with Gasteiger partial charge in [-0.3, -0.25) is 4.79 Å². The summed E-state index contributed by atoms with van der Waals surface area (Å²) in [5.74, 6) is 1.34. The predicted molar refractivity (Wildman–Crippen MR) is 137 cm³/mol. The van der Waals surface area contributed by atoms with Crippen LogP contribution < -0.4 is 9.47 Å². The predicted octanol–water partition coefficient (Wildman–Crippen LogP) is 7.03. The standard InChI is InChI=1S/C30H36O4/c1-22-10-8-12-27(20-22)33-19-9-18-32-26-16-14-24(15-17-26)28-13-7-6-11-25(28)21-23(2)29(31)34-30(3,4)5/h6-8,10-17,20,23H,9,18-19,21H2,1-5H3. The monoisotopic (exact) mass is 460 g/mol. The molecule has 1 atom stereocenters. The molecule has 1 unspecified atom stereocenters. The fourth-order valence-corrected chi connectivity index (χ4v) is 3.67. The topological polar surface area (TPSA) is 44.8 Å². The molecule has 3 aromatic rings. The van der Waals surface area contributed by atoms with Crippen LogP contribution in [0, 0.1) is 12.8 Å². The minimum Gasteiger partial charge on any atom is -0.493 e. The van der Waals surface area contributed by atoms with Crippen LogP contribution in [-0.4, -0.2) is 24.8 Å². The lowest BCUT2D eigenvalue weighted by molar-refractivity contribution is -0.159. The van der Waals surface area contributed by atoms with Crippen LogP contribution in [0.3, 0.4) is 0 Å². The van der Waals surface area contributed by atoms with E-state index in [0.29, 0.717) is 19.6 Å². The lowest BCUT2D eigenvalue weighted by atomic mass is 9.93. The Bertz CT molecular complexity index is 1060. The van der Waals surface area contributed by atoms with Gasteiger partial charge < -0.3 is 14.2 Å². The number of hydrogen-bond donors (Lipinski definition) is 0. The molecule has 0 heterocycles. The molecule has 0 spiro atoms. The van der Waals surface area contributed by atoms with Gasteiger partial charge in [-0.1, -0.05) is 55.5 Å². The van der Waals surface area contributed by atoms with Gasteiger partial charge in [-0.15, -0.1) is 0 Å². The highest BCUT2D eigenvalue weighted by Gasteiger charge is 2.22. The Hall–Kier alpha value is -3.27. The van der Waals surface area contributed by atoms with E-state index in [2.05, 4.69) is 37.3 Å². The van der Waals surface area contributed by atoms with E-state index < -0.39 is 5.60 Å². The lowest BCUT2D eigenvalue weighted by Crippen LogP contribution is -2.28. The lowest BCUT2D eigenvalue weighted by Gasteiger charge is -2.22. The number of benzene rings is 3. The van der Waals surface area contributed by atoms with Crippen molar-refractivity contribution in [2.75, 3.05) is 13.2 Å². The highest BCUT2D eigenvalue weighted by molar-refractivity contribution is 5.74. The van der Waals surface area contributed by atoms with Crippen LogP contribution in [0.4, 0.5) is 0 Å². The first-order valence-corrected chi connectivity index (χ1v) is 11.9. The van der Waals surface area contributed by atoms with Crippen molar-refractivity contribution in [2.45, 2.75) is 53.1 Å². The average Bonchev–Trinajstić information content (AvgIpc) is 2.79. The van der Waals surface area contributed by atoms with E-state index in [1.165, 1.54) is 5.56 Å². The fraction of sp³-hybridized carbons (Fsp3) is 0.367. The SMILES string of the molecule is Cc1cccc(OCCCOc2ccc(-c3ccccc3CC(C)C(=O)OC(C)(C)C)cc2)c1. The number of hydrogen-bond acceptors (Lipinski definition) is 4. The summed E-state index contributed by atoms with van der Waals surface area (Å²) in [6, 6.07) is 24.4. The van der Waals surface area contributed by atoms with E-state index in [1.807, 2.05) is 70.2 Å². The van der Waals surface area contributed by atoms with E-state index in [9.17, 15) is 4.79 Å². The average molecular weight is 461 g/mol. The zero-order valence-electron chi connectivity index (χ0n) is 21.0. The van der Waals surface area contributed by atoms with Gasteiger partial charge in [0.1, 0.15) is 17.1 Å². The summed E-state index contributed by atoms with van der Waals surface area (Å²) >= 11 is 0. The molecule has 4 nitrogen and oxygen atoms in total. The van der Waals surface area contributed by atoms with Crippen molar-refractivity contribution in [1.29, 1.82) is 0 Å². The molecule has 0 amide bonds. The van der Waals surface area contributed by atoms with E-state index in [-0.39, 0.29) is 11.9 Å². The fourth-order valence-electron chi connectivity index (χ4n) is 3.67. The van der Waals surface area contributed by atoms with E-state index in [4.69, 9.17) is 14.2 Å². The van der Waals surface area contributed by atoms with Crippen molar-refractivity contribution in [3.05, 3.63) is 83.9 Å². The van der Waals surface area contributed by atoms with Gasteiger partial charge in [-0.05, 0) is 80.6 Å². The van der Waals surface area contributed by atoms with Gasteiger partial charge in [0.15, 0.2) is 0 Å². The zero-order valence-corrected chi connectivity index (χ0v) is 21.0. The molecule has 180 valence electrons. The molecule has 0 N–H and O–H groups in total. The quantitative estimate of drug-likeness (QED) is 0.241. The molecule has 3 rings (SSSR count). The molecule has 0 fully saturated rings. The largest absolute Gasteiger partial charge is 0.493 e. The Morgan fingerprint density at radius 1 is 0.853 bits per heavy atom. The van der Waals surface area contributed by atoms with Crippen LogP contribution in [0.25, 0.3) is 11.1 Å². The summed E-state index contributed by atoms with van der Waals surface area (Å²) in [6.45, 7) is 10.9. The summed E-state index contributed by atoms with van der Waals surface area (Å²) < 4.78 is 17.2. The molecule has 0 aromatic heterocycles. The van der Waals surface area contributed by atoms with E-state index in [0.717, 1.165) is 34.6 Å². The summed E-state index contributed by atoms with van der Waals surface area (Å²) in [4.78, 5) is 12.5. The van der Waals surface area contributed by atoms with Crippen molar-refractivity contribution in [2.24, 2.45) is 5.92 Å². The van der Waals surface area contributed by atoms with E-state index in [1.54, 1.807) is 0 Å². The number of rotatable bonds is 10. The Labute approximate surface area is 203 Å². The molecule has 0 saturated carbocycles. The Morgan fingerprint density at radius 3 is 2.21 bits per heavy atom. The van der Waals surface area contributed by atoms with Crippen molar-refractivity contribution >= 4 is 5.97 Å². The summed E-state index contributed by atoms with van der Waals surface area (Å²) in [5, 5.41) is 0. The first-order valence-electron chi connectivity index (χ1n) is 11.9. The second kappa shape index (κ2) is 11.7. The maximum absolute atomic E-state index is 12.5. The highest BCUT2D eigenvalue weighted by Crippen LogP contribution is 2.28. The summed E-state index contributed by atoms with van der Waals surface area (Å²) in [6.07, 6.45) is 1.44. The molecule has 34 heavy (non-hydrogen) atoms.